The molecule has 4 unspecified atom stereocenters. The lowest BCUT2D eigenvalue weighted by Crippen LogP contribution is -2.55. The van der Waals surface area contributed by atoms with Crippen molar-refractivity contribution in [3.63, 3.8) is 0 Å². The number of piperazine rings is 2. The number of amides is 2. The Hall–Kier alpha value is -9.92. The standard InChI is InChI=1S/C83H104F3N19O6/c1-10-64-55(6)90-80(93-77(64)98(13-4)31-17-16-28-87)110-52-62-42-57(45-96(62)7)56-41-54(5)76(83(84,85)86)73(44-56)101-34-27-69-71(50-101)92-82(95-79(69)103-36-38-105(75(107)12-3)60(48-103)25-30-89)111-53-63-43-58(46-97(63)8)65-22-23-72(67-21-15-14-20-66(65)67)100-33-26-68-70(49-100)91-81(109-51-61-19-18-32-99(61)39-40-108-9)94-78(68)102-35-37-104(74(106)11-2)59(47-102)24-29-88/h11-12,14-15,20-23,41,44,57-63H,2-3,10,13,16-19,24-27,31-40,42-43,45-53H2,1,4-9H3/t57?,58?,59?,60?,61-,62-,63-/m0/s1. The van der Waals surface area contributed by atoms with Gasteiger partial charge in [0.2, 0.25) is 11.8 Å². The number of benzene rings is 3. The summed E-state index contributed by atoms with van der Waals surface area (Å²) >= 11 is 0. The maximum Gasteiger partial charge on any atom is 0.418 e. The van der Waals surface area contributed by atoms with Gasteiger partial charge in [-0.3, -0.25) is 24.3 Å². The molecule has 13 rings (SSSR count). The molecule has 0 spiro atoms. The number of carbonyl (C=O) groups excluding carboxylic acids is 2. The molecule has 0 N–H and O–H groups in total. The summed E-state index contributed by atoms with van der Waals surface area (Å²) in [5, 5.41) is 31.5. The second kappa shape index (κ2) is 35.2. The van der Waals surface area contributed by atoms with E-state index in [0.717, 1.165) is 107 Å². The molecular weight excluding hydrogens is 1420 g/mol. The van der Waals surface area contributed by atoms with Gasteiger partial charge in [-0.15, -0.1) is 0 Å². The molecule has 0 radical (unpaired) electrons. The van der Waals surface area contributed by atoms with Gasteiger partial charge in [-0.2, -0.15) is 53.9 Å². The summed E-state index contributed by atoms with van der Waals surface area (Å²) in [6.45, 7) is 25.0. The molecule has 5 saturated heterocycles. The molecule has 588 valence electrons. The number of rotatable bonds is 28. The van der Waals surface area contributed by atoms with Gasteiger partial charge in [0.25, 0.3) is 0 Å². The summed E-state index contributed by atoms with van der Waals surface area (Å²) in [6, 6.07) is 23.2. The molecule has 7 aliphatic heterocycles. The Labute approximate surface area is 649 Å². The van der Waals surface area contributed by atoms with Crippen LogP contribution in [0, 0.1) is 47.8 Å². The fraction of sp³-hybridized carbons (Fsp3) is 0.554. The van der Waals surface area contributed by atoms with Crippen LogP contribution in [0.2, 0.25) is 0 Å². The van der Waals surface area contributed by atoms with Crippen LogP contribution >= 0.6 is 0 Å². The van der Waals surface area contributed by atoms with Crippen LogP contribution in [-0.2, 0) is 52.9 Å². The van der Waals surface area contributed by atoms with E-state index >= 15 is 13.2 Å². The summed E-state index contributed by atoms with van der Waals surface area (Å²) in [7, 11) is 5.83. The van der Waals surface area contributed by atoms with Gasteiger partial charge < -0.3 is 53.2 Å². The van der Waals surface area contributed by atoms with E-state index in [-0.39, 0.29) is 117 Å². The number of likely N-dealkylation sites (tertiary alicyclic amines) is 3. The monoisotopic (exact) mass is 1520 g/mol. The normalized spacial score (nSPS) is 21.7. The number of carbonyl (C=O) groups is 2. The Balaban J connectivity index is 0.744. The molecule has 7 aliphatic rings. The highest BCUT2D eigenvalue weighted by molar-refractivity contribution is 5.97. The summed E-state index contributed by atoms with van der Waals surface area (Å²) < 4.78 is 72.4. The molecule has 3 aromatic carbocycles. The number of aryl methyl sites for hydroxylation is 2. The number of likely N-dealkylation sites (N-methyl/N-ethyl adjacent to an activating group) is 2. The quantitative estimate of drug-likeness (QED) is 0.0327. The van der Waals surface area contributed by atoms with Gasteiger partial charge >= 0.3 is 24.2 Å². The third-order valence-electron chi connectivity index (χ3n) is 23.9. The van der Waals surface area contributed by atoms with Crippen molar-refractivity contribution < 1.29 is 41.7 Å². The lowest BCUT2D eigenvalue weighted by Gasteiger charge is -2.42. The van der Waals surface area contributed by atoms with Crippen molar-refractivity contribution in [3.8, 4) is 36.2 Å². The van der Waals surface area contributed by atoms with Crippen molar-refractivity contribution >= 4 is 51.4 Å². The molecule has 0 bridgehead atoms. The molecular formula is C83H104F3N19O6. The Morgan fingerprint density at radius 3 is 1.77 bits per heavy atom. The number of anilines is 5. The van der Waals surface area contributed by atoms with Crippen molar-refractivity contribution in [1.82, 2.24) is 54.4 Å². The van der Waals surface area contributed by atoms with Crippen molar-refractivity contribution in [2.24, 2.45) is 0 Å². The highest BCUT2D eigenvalue weighted by Crippen LogP contribution is 2.46. The van der Waals surface area contributed by atoms with Crippen LogP contribution in [-0.4, -0.2) is 236 Å². The lowest BCUT2D eigenvalue weighted by molar-refractivity contribution is -0.137. The van der Waals surface area contributed by atoms with Crippen LogP contribution in [0.5, 0.6) is 18.0 Å². The Kier molecular flexibility index (Phi) is 25.1. The number of unbranched alkanes of at least 4 members (excludes halogenated alkanes) is 1. The van der Waals surface area contributed by atoms with Crippen LogP contribution in [0.4, 0.5) is 42.0 Å². The zero-order valence-corrected chi connectivity index (χ0v) is 65.2. The molecule has 3 aromatic heterocycles. The number of hydrogen-bond acceptors (Lipinski definition) is 23. The zero-order valence-electron chi connectivity index (χ0n) is 65.2. The maximum atomic E-state index is 15.7. The third-order valence-corrected chi connectivity index (χ3v) is 23.9. The molecule has 2 amide bonds. The maximum absolute atomic E-state index is 15.7. The van der Waals surface area contributed by atoms with Crippen LogP contribution in [0.25, 0.3) is 10.8 Å². The fourth-order valence-corrected chi connectivity index (χ4v) is 18.1. The van der Waals surface area contributed by atoms with E-state index in [1.165, 1.54) is 17.7 Å². The Morgan fingerprint density at radius 2 is 1.22 bits per heavy atom. The van der Waals surface area contributed by atoms with E-state index in [0.29, 0.717) is 128 Å². The summed E-state index contributed by atoms with van der Waals surface area (Å²) in [6.07, 6.45) is 4.46. The Bertz CT molecular complexity index is 4530. The average molecular weight is 1520 g/mol. The number of nitriles is 3. The Morgan fingerprint density at radius 1 is 0.649 bits per heavy atom. The van der Waals surface area contributed by atoms with Crippen LogP contribution in [0.1, 0.15) is 133 Å². The van der Waals surface area contributed by atoms with E-state index < -0.39 is 17.8 Å². The number of nitrogens with zero attached hydrogens (tertiary/aromatic N) is 19. The van der Waals surface area contributed by atoms with Crippen molar-refractivity contribution in [1.29, 1.82) is 15.8 Å². The van der Waals surface area contributed by atoms with Gasteiger partial charge in [-0.1, -0.05) is 56.5 Å². The summed E-state index contributed by atoms with van der Waals surface area (Å²) in [4.78, 5) is 77.5. The second-order valence-electron chi connectivity index (χ2n) is 30.6. The number of ether oxygens (including phenoxy) is 4. The van der Waals surface area contributed by atoms with E-state index in [4.69, 9.17) is 48.9 Å². The van der Waals surface area contributed by atoms with Gasteiger partial charge in [0.15, 0.2) is 0 Å². The van der Waals surface area contributed by atoms with Gasteiger partial charge in [-0.05, 0) is 151 Å². The highest BCUT2D eigenvalue weighted by Gasteiger charge is 2.43. The first-order valence-electron chi connectivity index (χ1n) is 39.4. The highest BCUT2D eigenvalue weighted by atomic mass is 19.4. The molecule has 5 fully saturated rings. The largest absolute Gasteiger partial charge is 0.462 e. The van der Waals surface area contributed by atoms with Gasteiger partial charge in [0, 0.05) is 156 Å². The minimum atomic E-state index is -4.68. The van der Waals surface area contributed by atoms with E-state index in [9.17, 15) is 25.4 Å². The number of hydrogen-bond donors (Lipinski definition) is 0. The van der Waals surface area contributed by atoms with E-state index in [2.05, 4.69) is 123 Å². The first-order valence-corrected chi connectivity index (χ1v) is 39.4. The van der Waals surface area contributed by atoms with Crippen molar-refractivity contribution in [2.45, 2.75) is 160 Å². The average Bonchev–Trinajstić information content (AvgIpc) is 1.20. The number of halogens is 3. The molecule has 28 heteroatoms. The van der Waals surface area contributed by atoms with Crippen LogP contribution in [0.3, 0.4) is 0 Å². The first-order chi connectivity index (χ1) is 53.7. The smallest absolute Gasteiger partial charge is 0.418 e. The SMILES string of the molecule is C=CC(=O)N1CCN(c2nc(OC[C@@H]3CC(c4ccc(N5CCc6c(nc(OC[C@@H]7CCCN7CCOC)nc6N6CCN(C(=O)C=C)C(CC#N)C6)C5)c5ccccc45)CN3C)nc3c2CCN(c2cc(C4C[C@@H](COc5nc(C)c(CC)c(N(CC)CCCC#N)n5)N(C)C4)cc(C)c2C(F)(F)F)C3)CC1CC#N. The third kappa shape index (κ3) is 17.3. The number of methoxy groups -OCH3 is 1. The van der Waals surface area contributed by atoms with Gasteiger partial charge in [0.05, 0.1) is 79.8 Å². The molecule has 10 heterocycles. The molecule has 0 aliphatic carbocycles. The lowest BCUT2D eigenvalue weighted by atomic mass is 9.90. The second-order valence-corrected chi connectivity index (χ2v) is 30.6. The molecule has 111 heavy (non-hydrogen) atoms. The first kappa shape index (κ1) is 79.2. The molecule has 7 atom stereocenters. The topological polar surface area (TPSA) is 252 Å². The number of alkyl halides is 3. The van der Waals surface area contributed by atoms with Crippen molar-refractivity contribution in [2.75, 3.05) is 164 Å². The van der Waals surface area contributed by atoms with E-state index in [1.807, 2.05) is 14.0 Å². The van der Waals surface area contributed by atoms with Crippen LogP contribution in [0.15, 0.2) is 73.8 Å². The van der Waals surface area contributed by atoms with Crippen LogP contribution < -0.4 is 38.7 Å². The predicted octanol–water partition coefficient (Wildman–Crippen LogP) is 10.1. The summed E-state index contributed by atoms with van der Waals surface area (Å²) in [5.41, 5.74) is 7.73. The molecule has 6 aromatic rings. The molecule has 25 nitrogen and oxygen atoms in total. The summed E-state index contributed by atoms with van der Waals surface area (Å²) in [5.74, 6) is 1.71. The minimum absolute atomic E-state index is 0.0394. The zero-order chi connectivity index (χ0) is 78.2. The van der Waals surface area contributed by atoms with E-state index in [1.54, 1.807) is 40.9 Å². The van der Waals surface area contributed by atoms with Crippen molar-refractivity contribution in [3.05, 3.63) is 130 Å². The number of fused-ring (bicyclic) bond motifs is 3. The van der Waals surface area contributed by atoms with Gasteiger partial charge in [0.1, 0.15) is 37.3 Å². The fourth-order valence-electron chi connectivity index (χ4n) is 18.1. The minimum Gasteiger partial charge on any atom is -0.462 e. The van der Waals surface area contributed by atoms with Gasteiger partial charge in [-0.25, -0.2) is 4.98 Å². The molecule has 0 saturated carbocycles. The number of aromatic nitrogens is 6. The predicted molar refractivity (Wildman–Crippen MR) is 419 cm³/mol.